The van der Waals surface area contributed by atoms with Gasteiger partial charge in [0.2, 0.25) is 5.91 Å². The minimum absolute atomic E-state index is 0.134. The summed E-state index contributed by atoms with van der Waals surface area (Å²) in [4.78, 5) is 11.6. The zero-order valence-corrected chi connectivity index (χ0v) is 10.5. The van der Waals surface area contributed by atoms with E-state index in [1.807, 2.05) is 6.07 Å². The van der Waals surface area contributed by atoms with Crippen molar-refractivity contribution in [1.82, 2.24) is 5.32 Å². The van der Waals surface area contributed by atoms with Crippen LogP contribution in [0.25, 0.3) is 0 Å². The Hall–Kier alpha value is -1.58. The number of rotatable bonds is 5. The first kappa shape index (κ1) is 12.9. The van der Waals surface area contributed by atoms with Gasteiger partial charge in [0.1, 0.15) is 0 Å². The fraction of sp³-hybridized carbons (Fsp3) is 0.500. The first-order chi connectivity index (χ1) is 8.70. The standard InChI is InChI=1S/C14H18FNO2/c1-18-13-6-5-10(9-12(13)15)7-8-16-14(17)11-3-2-4-11/h5-6,9,11H,2-4,7-8H2,1H3,(H,16,17). The Labute approximate surface area is 106 Å². The summed E-state index contributed by atoms with van der Waals surface area (Å²) in [6.45, 7) is 0.557. The third-order valence-corrected chi connectivity index (χ3v) is 3.41. The van der Waals surface area contributed by atoms with Crippen molar-refractivity contribution in [2.45, 2.75) is 25.7 Å². The highest BCUT2D eigenvalue weighted by Crippen LogP contribution is 2.26. The van der Waals surface area contributed by atoms with Crippen LogP contribution in [-0.2, 0) is 11.2 Å². The molecule has 0 spiro atoms. The Morgan fingerprint density at radius 3 is 2.83 bits per heavy atom. The van der Waals surface area contributed by atoms with E-state index in [0.29, 0.717) is 13.0 Å². The number of ether oxygens (including phenoxy) is 1. The maximum atomic E-state index is 13.4. The number of amides is 1. The number of hydrogen-bond acceptors (Lipinski definition) is 2. The zero-order valence-electron chi connectivity index (χ0n) is 10.5. The van der Waals surface area contributed by atoms with Crippen molar-refractivity contribution in [3.63, 3.8) is 0 Å². The highest BCUT2D eigenvalue weighted by atomic mass is 19.1. The molecule has 1 saturated carbocycles. The van der Waals surface area contributed by atoms with Crippen LogP contribution in [0.4, 0.5) is 4.39 Å². The van der Waals surface area contributed by atoms with Crippen LogP contribution in [0.1, 0.15) is 24.8 Å². The molecule has 4 heteroatoms. The van der Waals surface area contributed by atoms with E-state index in [9.17, 15) is 9.18 Å². The lowest BCUT2D eigenvalue weighted by Crippen LogP contribution is -2.35. The topological polar surface area (TPSA) is 38.3 Å². The second kappa shape index (κ2) is 5.85. The molecule has 0 bridgehead atoms. The minimum Gasteiger partial charge on any atom is -0.494 e. The molecule has 1 aromatic carbocycles. The molecule has 0 aromatic heterocycles. The fourth-order valence-corrected chi connectivity index (χ4v) is 2.01. The largest absolute Gasteiger partial charge is 0.494 e. The summed E-state index contributed by atoms with van der Waals surface area (Å²) in [6.07, 6.45) is 3.80. The minimum atomic E-state index is -0.361. The molecule has 1 aliphatic rings. The van der Waals surface area contributed by atoms with Gasteiger partial charge in [-0.3, -0.25) is 4.79 Å². The predicted molar refractivity (Wildman–Crippen MR) is 67.0 cm³/mol. The van der Waals surface area contributed by atoms with Crippen molar-refractivity contribution in [3.05, 3.63) is 29.6 Å². The molecule has 0 unspecified atom stereocenters. The Balaban J connectivity index is 1.79. The molecule has 1 aliphatic carbocycles. The van der Waals surface area contributed by atoms with E-state index in [1.54, 1.807) is 6.07 Å². The summed E-state index contributed by atoms with van der Waals surface area (Å²) in [5.41, 5.74) is 0.863. The second-order valence-electron chi connectivity index (χ2n) is 4.64. The molecule has 0 radical (unpaired) electrons. The molecule has 0 aliphatic heterocycles. The Morgan fingerprint density at radius 1 is 1.50 bits per heavy atom. The molecular weight excluding hydrogens is 233 g/mol. The number of halogens is 1. The number of carbonyl (C=O) groups excluding carboxylic acids is 1. The molecule has 18 heavy (non-hydrogen) atoms. The van der Waals surface area contributed by atoms with Gasteiger partial charge in [0.25, 0.3) is 0 Å². The van der Waals surface area contributed by atoms with Crippen molar-refractivity contribution in [1.29, 1.82) is 0 Å². The smallest absolute Gasteiger partial charge is 0.223 e. The Kier molecular flexibility index (Phi) is 4.18. The van der Waals surface area contributed by atoms with Gasteiger partial charge in [0.05, 0.1) is 7.11 Å². The predicted octanol–water partition coefficient (Wildman–Crippen LogP) is 2.29. The molecule has 98 valence electrons. The maximum absolute atomic E-state index is 13.4. The van der Waals surface area contributed by atoms with E-state index < -0.39 is 0 Å². The van der Waals surface area contributed by atoms with Gasteiger partial charge in [0, 0.05) is 12.5 Å². The lowest BCUT2D eigenvalue weighted by Gasteiger charge is -2.24. The number of hydrogen-bond donors (Lipinski definition) is 1. The van der Waals surface area contributed by atoms with E-state index in [-0.39, 0.29) is 23.4 Å². The van der Waals surface area contributed by atoms with Crippen molar-refractivity contribution in [2.75, 3.05) is 13.7 Å². The summed E-state index contributed by atoms with van der Waals surface area (Å²) in [7, 11) is 1.44. The second-order valence-corrected chi connectivity index (χ2v) is 4.64. The third-order valence-electron chi connectivity index (χ3n) is 3.41. The van der Waals surface area contributed by atoms with Gasteiger partial charge in [-0.2, -0.15) is 0 Å². The molecule has 0 heterocycles. The third kappa shape index (κ3) is 3.00. The van der Waals surface area contributed by atoms with E-state index in [0.717, 1.165) is 24.8 Å². The maximum Gasteiger partial charge on any atom is 0.223 e. The van der Waals surface area contributed by atoms with Gasteiger partial charge in [-0.05, 0) is 37.0 Å². The summed E-state index contributed by atoms with van der Waals surface area (Å²) in [5.74, 6) is 0.227. The number of methoxy groups -OCH3 is 1. The lowest BCUT2D eigenvalue weighted by atomic mass is 9.85. The number of benzene rings is 1. The summed E-state index contributed by atoms with van der Waals surface area (Å²) >= 11 is 0. The van der Waals surface area contributed by atoms with Gasteiger partial charge in [0.15, 0.2) is 11.6 Å². The molecule has 2 rings (SSSR count). The quantitative estimate of drug-likeness (QED) is 0.872. The highest BCUT2D eigenvalue weighted by Gasteiger charge is 2.24. The highest BCUT2D eigenvalue weighted by molar-refractivity contribution is 5.79. The molecule has 1 amide bonds. The van der Waals surface area contributed by atoms with Crippen LogP contribution in [0, 0.1) is 11.7 Å². The van der Waals surface area contributed by atoms with Crippen LogP contribution in [0.5, 0.6) is 5.75 Å². The molecule has 3 nitrogen and oxygen atoms in total. The van der Waals surface area contributed by atoms with Gasteiger partial charge in [-0.25, -0.2) is 4.39 Å². The van der Waals surface area contributed by atoms with Gasteiger partial charge >= 0.3 is 0 Å². The molecule has 1 aromatic rings. The molecule has 1 N–H and O–H groups in total. The van der Waals surface area contributed by atoms with Crippen molar-refractivity contribution in [2.24, 2.45) is 5.92 Å². The average Bonchev–Trinajstić information content (AvgIpc) is 2.27. The first-order valence-corrected chi connectivity index (χ1v) is 6.31. The van der Waals surface area contributed by atoms with Crippen LogP contribution in [-0.4, -0.2) is 19.6 Å². The van der Waals surface area contributed by atoms with E-state index in [2.05, 4.69) is 5.32 Å². The van der Waals surface area contributed by atoms with Gasteiger partial charge in [-0.15, -0.1) is 0 Å². The Bertz CT molecular complexity index is 430. The number of nitrogens with one attached hydrogen (secondary N) is 1. The van der Waals surface area contributed by atoms with Crippen LogP contribution in [0.2, 0.25) is 0 Å². The lowest BCUT2D eigenvalue weighted by molar-refractivity contribution is -0.127. The van der Waals surface area contributed by atoms with Crippen LogP contribution in [0.15, 0.2) is 18.2 Å². The summed E-state index contributed by atoms with van der Waals surface area (Å²) in [5, 5.41) is 2.89. The van der Waals surface area contributed by atoms with Crippen molar-refractivity contribution < 1.29 is 13.9 Å². The van der Waals surface area contributed by atoms with Crippen molar-refractivity contribution >= 4 is 5.91 Å². The summed E-state index contributed by atoms with van der Waals surface area (Å²) in [6, 6.07) is 4.88. The van der Waals surface area contributed by atoms with Crippen molar-refractivity contribution in [3.8, 4) is 5.75 Å². The molecule has 1 fully saturated rings. The molecule has 0 saturated heterocycles. The number of carbonyl (C=O) groups is 1. The average molecular weight is 251 g/mol. The Morgan fingerprint density at radius 2 is 2.28 bits per heavy atom. The van der Waals surface area contributed by atoms with Gasteiger partial charge in [-0.1, -0.05) is 12.5 Å². The fourth-order valence-electron chi connectivity index (χ4n) is 2.01. The van der Waals surface area contributed by atoms with E-state index >= 15 is 0 Å². The SMILES string of the molecule is COc1ccc(CCNC(=O)C2CCC2)cc1F. The van der Waals surface area contributed by atoms with E-state index in [1.165, 1.54) is 13.2 Å². The van der Waals surface area contributed by atoms with Crippen LogP contribution < -0.4 is 10.1 Å². The molecular formula is C14H18FNO2. The molecule has 0 atom stereocenters. The van der Waals surface area contributed by atoms with Crippen LogP contribution >= 0.6 is 0 Å². The van der Waals surface area contributed by atoms with Gasteiger partial charge < -0.3 is 10.1 Å². The van der Waals surface area contributed by atoms with Crippen LogP contribution in [0.3, 0.4) is 0 Å². The van der Waals surface area contributed by atoms with E-state index in [4.69, 9.17) is 4.74 Å². The summed E-state index contributed by atoms with van der Waals surface area (Å²) < 4.78 is 18.3. The zero-order chi connectivity index (χ0) is 13.0. The monoisotopic (exact) mass is 251 g/mol. The normalized spacial score (nSPS) is 15.0. The first-order valence-electron chi connectivity index (χ1n) is 6.31.